The van der Waals surface area contributed by atoms with E-state index in [0.29, 0.717) is 21.5 Å². The van der Waals surface area contributed by atoms with E-state index in [-0.39, 0.29) is 18.7 Å². The van der Waals surface area contributed by atoms with E-state index in [0.717, 1.165) is 12.2 Å². The summed E-state index contributed by atoms with van der Waals surface area (Å²) in [5, 5.41) is 12.4. The molecule has 1 unspecified atom stereocenters. The van der Waals surface area contributed by atoms with Crippen LogP contribution in [-0.2, 0) is 13.3 Å². The van der Waals surface area contributed by atoms with Gasteiger partial charge in [-0.2, -0.15) is 10.2 Å². The molecule has 0 saturated heterocycles. The van der Waals surface area contributed by atoms with Gasteiger partial charge in [0.1, 0.15) is 11.4 Å². The zero-order chi connectivity index (χ0) is 19.4. The van der Waals surface area contributed by atoms with E-state index in [4.69, 9.17) is 27.9 Å². The summed E-state index contributed by atoms with van der Waals surface area (Å²) in [5.41, 5.74) is 1.09. The van der Waals surface area contributed by atoms with E-state index in [9.17, 15) is 4.79 Å². The number of amides is 1. The Morgan fingerprint density at radius 3 is 2.67 bits per heavy atom. The molecule has 0 fully saturated rings. The largest absolute Gasteiger partial charge is 0.470 e. The number of carbonyl (C=O) groups excluding carboxylic acids is 1. The van der Waals surface area contributed by atoms with E-state index in [2.05, 4.69) is 15.5 Å². The lowest BCUT2D eigenvalue weighted by atomic mass is 10.2. The fourth-order valence-corrected chi connectivity index (χ4v) is 2.87. The van der Waals surface area contributed by atoms with Crippen LogP contribution in [0.1, 0.15) is 36.1 Å². The summed E-state index contributed by atoms with van der Waals surface area (Å²) in [7, 11) is 0. The molecule has 0 aliphatic rings. The molecule has 142 valence electrons. The highest BCUT2D eigenvalue weighted by molar-refractivity contribution is 6.35. The van der Waals surface area contributed by atoms with Crippen LogP contribution in [0.15, 0.2) is 42.7 Å². The summed E-state index contributed by atoms with van der Waals surface area (Å²) in [6.07, 6.45) is 3.54. The number of nitrogens with zero attached hydrogens (tertiary/aromatic N) is 4. The highest BCUT2D eigenvalue weighted by Gasteiger charge is 2.16. The van der Waals surface area contributed by atoms with Crippen molar-refractivity contribution in [3.05, 3.63) is 64.2 Å². The fraction of sp³-hybridized carbons (Fsp3) is 0.278. The van der Waals surface area contributed by atoms with Crippen LogP contribution in [0.3, 0.4) is 0 Å². The summed E-state index contributed by atoms with van der Waals surface area (Å²) >= 11 is 11.9. The molecule has 0 radical (unpaired) electrons. The number of nitrogens with one attached hydrogen (secondary N) is 1. The number of carbonyl (C=O) groups is 1. The topological polar surface area (TPSA) is 74.0 Å². The van der Waals surface area contributed by atoms with Crippen LogP contribution < -0.4 is 10.1 Å². The molecule has 1 N–H and O–H groups in total. The Labute approximate surface area is 166 Å². The van der Waals surface area contributed by atoms with Gasteiger partial charge in [-0.05, 0) is 44.2 Å². The number of ether oxygens (including phenoxy) is 1. The predicted molar refractivity (Wildman–Crippen MR) is 103 cm³/mol. The third-order valence-electron chi connectivity index (χ3n) is 3.90. The van der Waals surface area contributed by atoms with Gasteiger partial charge < -0.3 is 10.1 Å². The Morgan fingerprint density at radius 2 is 1.96 bits per heavy atom. The average molecular weight is 408 g/mol. The van der Waals surface area contributed by atoms with E-state index >= 15 is 0 Å². The second-order valence-electron chi connectivity index (χ2n) is 5.88. The predicted octanol–water partition coefficient (Wildman–Crippen LogP) is 3.93. The monoisotopic (exact) mass is 407 g/mol. The van der Waals surface area contributed by atoms with Crippen molar-refractivity contribution in [3.63, 3.8) is 0 Å². The van der Waals surface area contributed by atoms with Gasteiger partial charge in [0.25, 0.3) is 5.91 Å². The number of hydrogen-bond acceptors (Lipinski definition) is 4. The maximum atomic E-state index is 12.4. The van der Waals surface area contributed by atoms with Crippen LogP contribution in [0.25, 0.3) is 0 Å². The molecular formula is C18H19Cl2N5O2. The molecule has 1 aromatic carbocycles. The molecule has 27 heavy (non-hydrogen) atoms. The van der Waals surface area contributed by atoms with E-state index in [1.807, 2.05) is 30.8 Å². The van der Waals surface area contributed by atoms with Crippen molar-refractivity contribution in [3.8, 4) is 5.75 Å². The van der Waals surface area contributed by atoms with Gasteiger partial charge in [-0.15, -0.1) is 0 Å². The molecular weight excluding hydrogens is 389 g/mol. The van der Waals surface area contributed by atoms with Crippen molar-refractivity contribution in [2.45, 2.75) is 33.2 Å². The van der Waals surface area contributed by atoms with Gasteiger partial charge >= 0.3 is 0 Å². The molecule has 7 nitrogen and oxygen atoms in total. The molecule has 0 saturated carbocycles. The maximum Gasteiger partial charge on any atom is 0.272 e. The van der Waals surface area contributed by atoms with Crippen molar-refractivity contribution in [1.82, 2.24) is 24.9 Å². The Morgan fingerprint density at radius 1 is 1.19 bits per heavy atom. The molecule has 3 rings (SSSR count). The maximum absolute atomic E-state index is 12.4. The molecule has 2 heterocycles. The number of rotatable bonds is 7. The van der Waals surface area contributed by atoms with Crippen molar-refractivity contribution in [2.24, 2.45) is 0 Å². The number of hydrogen-bond donors (Lipinski definition) is 1. The summed E-state index contributed by atoms with van der Waals surface area (Å²) in [5.74, 6) is 0.208. The molecule has 0 aliphatic heterocycles. The van der Waals surface area contributed by atoms with E-state index in [1.54, 1.807) is 30.5 Å². The van der Waals surface area contributed by atoms with Gasteiger partial charge in [-0.1, -0.05) is 23.2 Å². The Kier molecular flexibility index (Phi) is 6.03. The molecule has 2 aromatic heterocycles. The zero-order valence-corrected chi connectivity index (χ0v) is 16.4. The summed E-state index contributed by atoms with van der Waals surface area (Å²) in [6, 6.07) is 8.25. The Bertz CT molecular complexity index is 937. The van der Waals surface area contributed by atoms with Crippen molar-refractivity contribution >= 4 is 29.1 Å². The third-order valence-corrected chi connectivity index (χ3v) is 4.43. The van der Waals surface area contributed by atoms with Crippen molar-refractivity contribution < 1.29 is 9.53 Å². The normalized spacial score (nSPS) is 12.0. The van der Waals surface area contributed by atoms with Gasteiger partial charge in [0.05, 0.1) is 16.8 Å². The van der Waals surface area contributed by atoms with Crippen LogP contribution in [0.5, 0.6) is 5.75 Å². The lowest BCUT2D eigenvalue weighted by Crippen LogP contribution is -2.27. The molecule has 1 amide bonds. The number of aryl methyl sites for hydroxylation is 1. The first kappa shape index (κ1) is 19.3. The lowest BCUT2D eigenvalue weighted by Gasteiger charge is -2.10. The first-order valence-corrected chi connectivity index (χ1v) is 9.17. The van der Waals surface area contributed by atoms with Crippen LogP contribution in [-0.4, -0.2) is 25.5 Å². The first-order chi connectivity index (χ1) is 13.0. The fourth-order valence-electron chi connectivity index (χ4n) is 2.41. The summed E-state index contributed by atoms with van der Waals surface area (Å²) < 4.78 is 8.92. The molecule has 1 atom stereocenters. The van der Waals surface area contributed by atoms with Gasteiger partial charge in [0, 0.05) is 24.0 Å². The van der Waals surface area contributed by atoms with Crippen LogP contribution in [0.2, 0.25) is 10.0 Å². The van der Waals surface area contributed by atoms with Gasteiger partial charge in [0.2, 0.25) is 0 Å². The van der Waals surface area contributed by atoms with Crippen LogP contribution >= 0.6 is 23.2 Å². The number of aromatic nitrogens is 4. The quantitative estimate of drug-likeness (QED) is 0.643. The number of halogens is 2. The molecule has 9 heteroatoms. The first-order valence-electron chi connectivity index (χ1n) is 8.41. The van der Waals surface area contributed by atoms with Gasteiger partial charge in [-0.25, -0.2) is 4.68 Å². The SMILES string of the molecule is CCn1ccc(C(C)NC(=O)c2ccn(COc3ccc(Cl)cc3Cl)n2)n1. The molecule has 0 spiro atoms. The van der Waals surface area contributed by atoms with Gasteiger partial charge in [-0.3, -0.25) is 9.48 Å². The smallest absolute Gasteiger partial charge is 0.272 e. The standard InChI is InChI=1S/C18H19Cl2N5O2/c1-3-24-8-6-15(22-24)12(2)21-18(26)16-7-9-25(23-16)11-27-17-5-4-13(19)10-14(17)20/h4-10,12H,3,11H2,1-2H3,(H,21,26). The summed E-state index contributed by atoms with van der Waals surface area (Å²) in [6.45, 7) is 4.78. The van der Waals surface area contributed by atoms with Crippen molar-refractivity contribution in [1.29, 1.82) is 0 Å². The highest BCUT2D eigenvalue weighted by Crippen LogP contribution is 2.27. The average Bonchev–Trinajstić information content (AvgIpc) is 3.30. The zero-order valence-electron chi connectivity index (χ0n) is 14.9. The second-order valence-corrected chi connectivity index (χ2v) is 6.72. The third kappa shape index (κ3) is 4.81. The lowest BCUT2D eigenvalue weighted by molar-refractivity contribution is 0.0932. The van der Waals surface area contributed by atoms with E-state index in [1.165, 1.54) is 4.68 Å². The highest BCUT2D eigenvalue weighted by atomic mass is 35.5. The number of benzene rings is 1. The molecule has 3 aromatic rings. The Hall–Kier alpha value is -2.51. The van der Waals surface area contributed by atoms with Crippen LogP contribution in [0.4, 0.5) is 0 Å². The summed E-state index contributed by atoms with van der Waals surface area (Å²) in [4.78, 5) is 12.4. The Balaban J connectivity index is 1.58. The second kappa shape index (κ2) is 8.45. The van der Waals surface area contributed by atoms with Crippen molar-refractivity contribution in [2.75, 3.05) is 0 Å². The minimum atomic E-state index is -0.281. The van der Waals surface area contributed by atoms with E-state index < -0.39 is 0 Å². The van der Waals surface area contributed by atoms with Gasteiger partial charge in [0.15, 0.2) is 6.73 Å². The molecule has 0 aliphatic carbocycles. The molecule has 0 bridgehead atoms. The minimum Gasteiger partial charge on any atom is -0.470 e. The van der Waals surface area contributed by atoms with Crippen LogP contribution in [0, 0.1) is 0 Å². The minimum absolute atomic E-state index is 0.116.